The van der Waals surface area contributed by atoms with Crippen LogP contribution in [-0.4, -0.2) is 73.4 Å². The Morgan fingerprint density at radius 3 is 1.14 bits per heavy atom. The van der Waals surface area contributed by atoms with Gasteiger partial charge in [0.05, 0.1) is 39.9 Å². The molecule has 0 rings (SSSR count). The highest BCUT2D eigenvalue weighted by molar-refractivity contribution is 7.47. The number of carbonyl (C=O) groups excluding carboxylic acids is 1. The Morgan fingerprint density at radius 1 is 0.432 bits per heavy atom. The molecule has 0 fully saturated rings. The van der Waals surface area contributed by atoms with Crippen molar-refractivity contribution in [1.82, 2.24) is 5.32 Å². The number of nitrogens with one attached hydrogen (secondary N) is 1. The highest BCUT2D eigenvalue weighted by Gasteiger charge is 2.28. The minimum absolute atomic E-state index is 0.0505. The maximum Gasteiger partial charge on any atom is 0.472 e. The Labute approximate surface area is 502 Å². The van der Waals surface area contributed by atoms with Gasteiger partial charge in [0.1, 0.15) is 13.2 Å². The van der Waals surface area contributed by atoms with Crippen LogP contribution in [0.2, 0.25) is 0 Å². The van der Waals surface area contributed by atoms with E-state index in [2.05, 4.69) is 104 Å². The summed E-state index contributed by atoms with van der Waals surface area (Å²) in [4.78, 5) is 23.4. The van der Waals surface area contributed by atoms with Crippen molar-refractivity contribution in [3.63, 3.8) is 0 Å². The van der Waals surface area contributed by atoms with Crippen molar-refractivity contribution in [1.29, 1.82) is 0 Å². The van der Waals surface area contributed by atoms with Crippen LogP contribution < -0.4 is 5.32 Å². The van der Waals surface area contributed by atoms with Gasteiger partial charge in [-0.3, -0.25) is 13.8 Å². The fourth-order valence-corrected chi connectivity index (χ4v) is 10.5. The van der Waals surface area contributed by atoms with Gasteiger partial charge in [-0.25, -0.2) is 4.57 Å². The van der Waals surface area contributed by atoms with Crippen LogP contribution >= 0.6 is 7.82 Å². The summed E-state index contributed by atoms with van der Waals surface area (Å²) in [6.07, 6.45) is 89.8. The van der Waals surface area contributed by atoms with Crippen LogP contribution in [0.3, 0.4) is 0 Å². The summed E-state index contributed by atoms with van der Waals surface area (Å²) in [6, 6.07) is -0.877. The van der Waals surface area contributed by atoms with Crippen molar-refractivity contribution in [3.05, 3.63) is 97.2 Å². The maximum atomic E-state index is 13.0. The van der Waals surface area contributed by atoms with E-state index in [4.69, 9.17) is 9.05 Å². The number of aliphatic hydroxyl groups excluding tert-OH is 1. The lowest BCUT2D eigenvalue weighted by Gasteiger charge is -2.25. The smallest absolute Gasteiger partial charge is 0.387 e. The van der Waals surface area contributed by atoms with Crippen LogP contribution in [0.4, 0.5) is 0 Å². The van der Waals surface area contributed by atoms with Gasteiger partial charge in [-0.05, 0) is 89.9 Å². The standard InChI is InChI=1S/C72H131N2O6P/c1-6-8-10-12-14-16-18-20-22-24-26-28-30-32-34-36-37-38-40-42-44-46-48-50-52-54-56-58-60-62-64-66-72(76)73-70(69-80-81(77,78)79-68-67-74(3,4)5)71(75)65-63-61-59-57-55-53-51-49-47-45-43-41-39-35-33-31-29-27-25-23-21-19-17-15-13-11-9-7-2/h8,10,14,16,20,22,26,28,32,34,47,49,55,57,63,65,70-71,75H,6-7,9,11-13,15,17-19,21,23-25,27,29-31,33,35-46,48,50-54,56,58-62,64,66-69H2,1-5H3,(H-,73,76,77,78)/p+1/b10-8-,16-14-,22-20-,28-26-,34-32-,49-47+,57-55+,65-63+. The molecule has 9 heteroatoms. The first kappa shape index (κ1) is 78.4. The number of quaternary nitrogens is 1. The van der Waals surface area contributed by atoms with E-state index in [1.807, 2.05) is 27.2 Å². The van der Waals surface area contributed by atoms with Crippen molar-refractivity contribution >= 4 is 13.7 Å². The normalized spacial score (nSPS) is 14.3. The average molecular weight is 1150 g/mol. The molecule has 0 aliphatic heterocycles. The molecule has 0 saturated carbocycles. The number of phosphoric ester groups is 1. The highest BCUT2D eigenvalue weighted by atomic mass is 31.2. The Bertz CT molecular complexity index is 1640. The number of likely N-dealkylation sites (N-methyl/N-ethyl adjacent to an activating group) is 1. The molecule has 3 unspecified atom stereocenters. The molecule has 470 valence electrons. The van der Waals surface area contributed by atoms with Crippen LogP contribution in [0.25, 0.3) is 0 Å². The summed E-state index contributed by atoms with van der Waals surface area (Å²) >= 11 is 0. The molecular weight excluding hydrogens is 1020 g/mol. The van der Waals surface area contributed by atoms with E-state index < -0.39 is 20.0 Å². The molecule has 0 radical (unpaired) electrons. The van der Waals surface area contributed by atoms with Gasteiger partial charge in [-0.2, -0.15) is 0 Å². The summed E-state index contributed by atoms with van der Waals surface area (Å²) in [6.45, 7) is 4.70. The summed E-state index contributed by atoms with van der Waals surface area (Å²) in [5.74, 6) is -0.191. The number of unbranched alkanes of at least 4 members (excludes halogenated alkanes) is 35. The third-order valence-corrected chi connectivity index (χ3v) is 16.0. The second kappa shape index (κ2) is 62.0. The Morgan fingerprint density at radius 2 is 0.753 bits per heavy atom. The monoisotopic (exact) mass is 1150 g/mol. The number of carbonyl (C=O) groups is 1. The fraction of sp³-hybridized carbons (Fsp3) is 0.764. The zero-order valence-corrected chi connectivity index (χ0v) is 54.6. The second-order valence-corrected chi connectivity index (χ2v) is 25.6. The molecule has 1 amide bonds. The Balaban J connectivity index is 4.16. The Hall–Kier alpha value is -2.58. The quantitative estimate of drug-likeness (QED) is 0.0243. The molecule has 0 aliphatic carbocycles. The van der Waals surface area contributed by atoms with Crippen LogP contribution in [0.1, 0.15) is 303 Å². The number of phosphoric acid groups is 1. The molecule has 0 aromatic carbocycles. The average Bonchev–Trinajstić information content (AvgIpc) is 3.43. The predicted molar refractivity (Wildman–Crippen MR) is 355 cm³/mol. The van der Waals surface area contributed by atoms with Gasteiger partial charge in [0.15, 0.2) is 0 Å². The number of hydrogen-bond donors (Lipinski definition) is 3. The van der Waals surface area contributed by atoms with E-state index in [1.165, 1.54) is 205 Å². The summed E-state index contributed by atoms with van der Waals surface area (Å²) in [5.41, 5.74) is 0. The van der Waals surface area contributed by atoms with Crippen molar-refractivity contribution in [3.8, 4) is 0 Å². The molecule has 0 aromatic heterocycles. The molecule has 3 atom stereocenters. The van der Waals surface area contributed by atoms with Gasteiger partial charge in [0.25, 0.3) is 0 Å². The molecule has 3 N–H and O–H groups in total. The van der Waals surface area contributed by atoms with Gasteiger partial charge in [-0.1, -0.05) is 304 Å². The zero-order valence-electron chi connectivity index (χ0n) is 53.8. The van der Waals surface area contributed by atoms with Crippen molar-refractivity contribution in [2.75, 3.05) is 40.9 Å². The van der Waals surface area contributed by atoms with Gasteiger partial charge in [0, 0.05) is 6.42 Å². The SMILES string of the molecule is CC/C=C\C/C=C\C/C=C\C/C=C\C/C=C\CCCCCCCCCCCCCCCCCC(=O)NC(COP(=O)(O)OCC[N+](C)(C)C)C(O)/C=C/CC/C=C/CC/C=C/CCCCCCCCCCCCCCCCCCCC. The first-order valence-corrected chi connectivity index (χ1v) is 35.6. The molecule has 0 saturated heterocycles. The number of rotatable bonds is 62. The van der Waals surface area contributed by atoms with E-state index in [-0.39, 0.29) is 19.1 Å². The minimum atomic E-state index is -4.37. The van der Waals surface area contributed by atoms with Crippen LogP contribution in [-0.2, 0) is 18.4 Å². The Kier molecular flexibility index (Phi) is 60.0. The first-order chi connectivity index (χ1) is 39.5. The maximum absolute atomic E-state index is 13.0. The fourth-order valence-electron chi connectivity index (χ4n) is 9.75. The van der Waals surface area contributed by atoms with Crippen molar-refractivity contribution in [2.24, 2.45) is 0 Å². The zero-order chi connectivity index (χ0) is 59.1. The second-order valence-electron chi connectivity index (χ2n) is 24.2. The lowest BCUT2D eigenvalue weighted by molar-refractivity contribution is -0.870. The topological polar surface area (TPSA) is 105 Å². The third-order valence-electron chi connectivity index (χ3n) is 15.0. The van der Waals surface area contributed by atoms with Gasteiger partial charge in [0.2, 0.25) is 5.91 Å². The number of allylic oxidation sites excluding steroid dienone is 15. The van der Waals surface area contributed by atoms with E-state index in [1.54, 1.807) is 6.08 Å². The molecule has 0 bridgehead atoms. The van der Waals surface area contributed by atoms with Gasteiger partial charge in [-0.15, -0.1) is 0 Å². The van der Waals surface area contributed by atoms with E-state index in [0.29, 0.717) is 17.4 Å². The highest BCUT2D eigenvalue weighted by Crippen LogP contribution is 2.43. The predicted octanol–water partition coefficient (Wildman–Crippen LogP) is 21.7. The summed E-state index contributed by atoms with van der Waals surface area (Å²) in [7, 11) is 1.54. The molecule has 81 heavy (non-hydrogen) atoms. The van der Waals surface area contributed by atoms with E-state index in [9.17, 15) is 19.4 Å². The third kappa shape index (κ3) is 64.8. The number of amides is 1. The van der Waals surface area contributed by atoms with Crippen LogP contribution in [0.5, 0.6) is 0 Å². The molecule has 0 spiro atoms. The van der Waals surface area contributed by atoms with E-state index >= 15 is 0 Å². The lowest BCUT2D eigenvalue weighted by Crippen LogP contribution is -2.45. The molecule has 0 aliphatic rings. The molecule has 0 aromatic rings. The van der Waals surface area contributed by atoms with Gasteiger partial charge >= 0.3 is 7.82 Å². The van der Waals surface area contributed by atoms with Gasteiger partial charge < -0.3 is 19.8 Å². The lowest BCUT2D eigenvalue weighted by atomic mass is 10.0. The minimum Gasteiger partial charge on any atom is -0.387 e. The van der Waals surface area contributed by atoms with Crippen LogP contribution in [0.15, 0.2) is 97.2 Å². The largest absolute Gasteiger partial charge is 0.472 e. The van der Waals surface area contributed by atoms with Crippen molar-refractivity contribution in [2.45, 2.75) is 315 Å². The van der Waals surface area contributed by atoms with E-state index in [0.717, 1.165) is 77.0 Å². The molecular formula is C72H132N2O6P+. The molecule has 8 nitrogen and oxygen atoms in total. The molecule has 0 heterocycles. The number of aliphatic hydroxyl groups is 1. The number of nitrogens with zero attached hydrogens (tertiary/aromatic N) is 1. The first-order valence-electron chi connectivity index (χ1n) is 34.1. The van der Waals surface area contributed by atoms with Crippen molar-refractivity contribution < 1.29 is 32.9 Å². The summed E-state index contributed by atoms with van der Waals surface area (Å²) in [5, 5.41) is 14.0. The number of hydrogen-bond acceptors (Lipinski definition) is 5. The van der Waals surface area contributed by atoms with Crippen LogP contribution in [0, 0.1) is 0 Å². The summed E-state index contributed by atoms with van der Waals surface area (Å²) < 4.78 is 23.8.